The molecule has 4 heavy (non-hydrogen) atoms. The summed E-state index contributed by atoms with van der Waals surface area (Å²) in [6.45, 7) is 0. The molecule has 0 aromatic carbocycles. The van der Waals surface area contributed by atoms with Crippen LogP contribution in [0, 0.1) is 0 Å². The van der Waals surface area contributed by atoms with E-state index in [0.717, 1.165) is 0 Å². The minimum absolute atomic E-state index is 0. The minimum atomic E-state index is 0. The fraction of sp³-hybridized carbons (Fsp3) is 0. The van der Waals surface area contributed by atoms with E-state index in [1.165, 1.54) is 0 Å². The molecule has 0 aliphatic rings. The molecule has 0 atom stereocenters. The van der Waals surface area contributed by atoms with Crippen LogP contribution in [0.1, 0.15) is 0 Å². The van der Waals surface area contributed by atoms with Crippen LogP contribution in [0.3, 0.4) is 0 Å². The molecule has 0 unspecified atom stereocenters. The maximum Gasteiger partial charge on any atom is -0.693 e. The van der Waals surface area contributed by atoms with Gasteiger partial charge < -0.3 is 6.15 Å². The summed E-state index contributed by atoms with van der Waals surface area (Å²) in [5.41, 5.74) is 0. The van der Waals surface area contributed by atoms with Gasteiger partial charge in [0.2, 0.25) is 0 Å². The van der Waals surface area contributed by atoms with E-state index >= 15 is 0 Å². The van der Waals surface area contributed by atoms with Crippen molar-refractivity contribution in [2.75, 3.05) is 0 Å². The molecule has 3 radical (unpaired) electrons. The van der Waals surface area contributed by atoms with Gasteiger partial charge in [-0.25, -0.2) is 0 Å². The molecular formula is H11Ge3N-. The molecule has 0 fully saturated rings. The fourth-order valence-corrected chi connectivity index (χ4v) is 0. The number of hydrogen-bond donors (Lipinski definition) is 0. The van der Waals surface area contributed by atoms with Crippen LogP contribution < -0.4 is 0 Å². The molecule has 0 saturated heterocycles. The second kappa shape index (κ2) is 23.4. The topological polar surface area (TPSA) is 33.5 Å². The molecular weight excluding hydrogens is 232 g/mol. The third-order valence-corrected chi connectivity index (χ3v) is 0. The first-order chi connectivity index (χ1) is 0. The molecule has 0 saturated carbocycles. The van der Waals surface area contributed by atoms with Gasteiger partial charge in [0.25, 0.3) is 0 Å². The average molecular weight is 243 g/mol. The summed E-state index contributed by atoms with van der Waals surface area (Å²) in [6, 6.07) is 0. The normalized spacial score (nSPS) is 0. The molecule has 0 aliphatic heterocycles. The summed E-state index contributed by atoms with van der Waals surface area (Å²) in [6.07, 6.45) is 0. The Morgan fingerprint density at radius 3 is 0.500 bits per heavy atom. The fourth-order valence-electron chi connectivity index (χ4n) is 0. The van der Waals surface area contributed by atoms with Gasteiger partial charge in [-0.1, -0.05) is 0 Å². The van der Waals surface area contributed by atoms with Crippen molar-refractivity contribution in [3.8, 4) is 0 Å². The molecule has 0 bridgehead atoms. The van der Waals surface area contributed by atoms with Gasteiger partial charge in [0, 0.05) is 0 Å². The minimum Gasteiger partial charge on any atom is -0.693 e. The monoisotopic (exact) mass is 247 g/mol. The van der Waals surface area contributed by atoms with Gasteiger partial charge in [-0.2, -0.15) is 0 Å². The zero-order valence-electron chi connectivity index (χ0n) is 3.58. The van der Waals surface area contributed by atoms with Crippen molar-refractivity contribution >= 4 is 52.8 Å². The van der Waals surface area contributed by atoms with Crippen LogP contribution in [0.4, 0.5) is 0 Å². The van der Waals surface area contributed by atoms with Crippen molar-refractivity contribution < 1.29 is 0 Å². The molecule has 0 amide bonds. The van der Waals surface area contributed by atoms with Crippen LogP contribution in [0.5, 0.6) is 0 Å². The Hall–Kier alpha value is 1.59. The summed E-state index contributed by atoms with van der Waals surface area (Å²) in [7, 11) is 0. The van der Waals surface area contributed by atoms with Crippen LogP contribution in [-0.4, -0.2) is 52.8 Å². The second-order valence-corrected chi connectivity index (χ2v) is 0. The molecule has 29 valence electrons. The van der Waals surface area contributed by atoms with Crippen LogP contribution in [0.15, 0.2) is 0 Å². The van der Waals surface area contributed by atoms with E-state index in [1.54, 1.807) is 0 Å². The van der Waals surface area contributed by atoms with Gasteiger partial charge in [-0.15, -0.1) is 0 Å². The van der Waals surface area contributed by atoms with Crippen molar-refractivity contribution in [2.45, 2.75) is 0 Å². The Morgan fingerprint density at radius 1 is 0.500 bits per heavy atom. The Bertz CT molecular complexity index is 3.25. The quantitative estimate of drug-likeness (QED) is 0.411. The Balaban J connectivity index is 0. The van der Waals surface area contributed by atoms with E-state index in [2.05, 4.69) is 0 Å². The zero-order chi connectivity index (χ0) is 0. The molecule has 0 aliphatic carbocycles. The summed E-state index contributed by atoms with van der Waals surface area (Å²) >= 11 is 0. The van der Waals surface area contributed by atoms with Gasteiger partial charge in [0.05, 0.1) is 0 Å². The van der Waals surface area contributed by atoms with Crippen molar-refractivity contribution in [3.05, 3.63) is 6.15 Å². The largest absolute Gasteiger partial charge is 0.693 e. The van der Waals surface area contributed by atoms with Crippen LogP contribution in [-0.2, 0) is 0 Å². The first-order valence-electron chi connectivity index (χ1n) is 0. The SMILES string of the molecule is [GeH3].[GeH3].[GeH3].[NH2-]. The number of rotatable bonds is 0. The Labute approximate surface area is 58.8 Å². The second-order valence-electron chi connectivity index (χ2n) is 0. The van der Waals surface area contributed by atoms with Crippen molar-refractivity contribution in [1.29, 1.82) is 0 Å². The molecule has 2 N–H and O–H groups in total. The maximum absolute atomic E-state index is 0. The summed E-state index contributed by atoms with van der Waals surface area (Å²) in [5, 5.41) is 0. The molecule has 0 rings (SSSR count). The average Bonchev–Trinajstić information content (AvgIpc) is 0. The Kier molecular flexibility index (Phi) is 273. The summed E-state index contributed by atoms with van der Waals surface area (Å²) < 4.78 is 0. The predicted molar refractivity (Wildman–Crippen MR) is 35.1 cm³/mol. The van der Waals surface area contributed by atoms with Gasteiger partial charge in [0.1, 0.15) is 0 Å². The first-order valence-corrected chi connectivity index (χ1v) is 0. The van der Waals surface area contributed by atoms with E-state index < -0.39 is 0 Å². The van der Waals surface area contributed by atoms with E-state index in [-0.39, 0.29) is 58.9 Å². The molecule has 4 heteroatoms. The molecule has 0 aromatic rings. The summed E-state index contributed by atoms with van der Waals surface area (Å²) in [5.74, 6) is 0. The third kappa shape index (κ3) is 9.53. The van der Waals surface area contributed by atoms with Crippen LogP contribution >= 0.6 is 0 Å². The molecule has 0 spiro atoms. The van der Waals surface area contributed by atoms with Gasteiger partial charge in [0.15, 0.2) is 0 Å². The van der Waals surface area contributed by atoms with Gasteiger partial charge >= 0.3 is 52.8 Å². The number of nitrogens with two attached hydrogens (primary N) is 1. The molecule has 0 aromatic heterocycles. The smallest absolute Gasteiger partial charge is 0.693 e. The van der Waals surface area contributed by atoms with Gasteiger partial charge in [-0.3, -0.25) is 0 Å². The van der Waals surface area contributed by atoms with E-state index in [4.69, 9.17) is 0 Å². The van der Waals surface area contributed by atoms with Crippen molar-refractivity contribution in [1.82, 2.24) is 0 Å². The van der Waals surface area contributed by atoms with Crippen molar-refractivity contribution in [3.63, 3.8) is 0 Å². The van der Waals surface area contributed by atoms with Crippen molar-refractivity contribution in [2.24, 2.45) is 0 Å². The van der Waals surface area contributed by atoms with Crippen LogP contribution in [0.25, 0.3) is 6.15 Å². The summed E-state index contributed by atoms with van der Waals surface area (Å²) in [4.78, 5) is 0. The first kappa shape index (κ1) is 46.6. The number of hydrogen-bond acceptors (Lipinski definition) is 0. The van der Waals surface area contributed by atoms with E-state index in [0.29, 0.717) is 0 Å². The predicted octanol–water partition coefficient (Wildman–Crippen LogP) is -2.83. The van der Waals surface area contributed by atoms with Gasteiger partial charge in [-0.05, 0) is 0 Å². The maximum atomic E-state index is 0. The van der Waals surface area contributed by atoms with Crippen LogP contribution in [0.2, 0.25) is 0 Å². The standard InChI is InChI=1S/3GeH3.H2N/h3*1H3;1H2/q;;;-1. The van der Waals surface area contributed by atoms with E-state index in [1.807, 2.05) is 0 Å². The molecule has 0 heterocycles. The Morgan fingerprint density at radius 2 is 0.500 bits per heavy atom. The third-order valence-electron chi connectivity index (χ3n) is 0. The zero-order valence-corrected chi connectivity index (χ0v) is 16.2. The molecule has 1 nitrogen and oxygen atoms in total. The van der Waals surface area contributed by atoms with E-state index in [9.17, 15) is 0 Å².